The molecule has 4 heterocycles. The molecular weight excluding hydrogens is 452 g/mol. The quantitative estimate of drug-likeness (QED) is 0.229. The summed E-state index contributed by atoms with van der Waals surface area (Å²) >= 11 is 2.39. The highest BCUT2D eigenvalue weighted by Gasteiger charge is 2.19. The number of fused-ring (bicyclic) bond motifs is 1. The normalized spacial score (nSPS) is 10.9. The number of hydrogen-bond acceptors (Lipinski definition) is 8. The van der Waals surface area contributed by atoms with E-state index < -0.39 is 11.9 Å². The Balaban J connectivity index is 1.48. The van der Waals surface area contributed by atoms with E-state index >= 15 is 0 Å². The highest BCUT2D eigenvalue weighted by Crippen LogP contribution is 2.32. The van der Waals surface area contributed by atoms with Gasteiger partial charge in [0.05, 0.1) is 30.2 Å². The Morgan fingerprint density at radius 3 is 2.78 bits per heavy atom. The molecule has 0 atom stereocenters. The van der Waals surface area contributed by atoms with Gasteiger partial charge in [-0.3, -0.25) is 19.5 Å². The summed E-state index contributed by atoms with van der Waals surface area (Å²) in [6.07, 6.45) is 4.62. The lowest BCUT2D eigenvalue weighted by Crippen LogP contribution is -2.40. The molecule has 0 aromatic carbocycles. The number of hydrogen-bond donors (Lipinski definition) is 2. The molecule has 3 amide bonds. The van der Waals surface area contributed by atoms with Gasteiger partial charge in [0.1, 0.15) is 16.4 Å². The first-order valence-corrected chi connectivity index (χ1v) is 11.3. The second-order valence-electron chi connectivity index (χ2n) is 6.50. The van der Waals surface area contributed by atoms with Crippen molar-refractivity contribution in [2.24, 2.45) is 0 Å². The molecule has 0 bridgehead atoms. The van der Waals surface area contributed by atoms with E-state index in [9.17, 15) is 14.4 Å². The fraction of sp³-hybridized carbons (Fsp3) is 0.143. The minimum atomic E-state index is -0.639. The van der Waals surface area contributed by atoms with Crippen LogP contribution < -0.4 is 16.2 Å². The number of furan rings is 2. The van der Waals surface area contributed by atoms with E-state index in [1.54, 1.807) is 36.6 Å². The van der Waals surface area contributed by atoms with Crippen molar-refractivity contribution in [3.63, 3.8) is 0 Å². The van der Waals surface area contributed by atoms with Gasteiger partial charge in [-0.1, -0.05) is 17.8 Å². The zero-order valence-electron chi connectivity index (χ0n) is 16.7. The summed E-state index contributed by atoms with van der Waals surface area (Å²) in [5.74, 6) is 0.534. The van der Waals surface area contributed by atoms with Gasteiger partial charge in [0.2, 0.25) is 5.91 Å². The number of imide groups is 1. The average molecular weight is 471 g/mol. The number of amides is 3. The molecule has 0 fully saturated rings. The third-order valence-electron chi connectivity index (χ3n) is 4.35. The van der Waals surface area contributed by atoms with Crippen molar-refractivity contribution >= 4 is 45.3 Å². The van der Waals surface area contributed by atoms with Crippen molar-refractivity contribution in [1.82, 2.24) is 20.2 Å². The van der Waals surface area contributed by atoms with Crippen molar-refractivity contribution in [1.29, 1.82) is 0 Å². The van der Waals surface area contributed by atoms with Crippen molar-refractivity contribution in [2.75, 3.05) is 5.75 Å². The first-order chi connectivity index (χ1) is 15.6. The van der Waals surface area contributed by atoms with Gasteiger partial charge in [-0.15, -0.1) is 17.9 Å². The lowest BCUT2D eigenvalue weighted by molar-refractivity contribution is -0.117. The Bertz CT molecular complexity index is 1310. The van der Waals surface area contributed by atoms with E-state index in [2.05, 4.69) is 22.2 Å². The Kier molecular flexibility index (Phi) is 6.57. The van der Waals surface area contributed by atoms with Gasteiger partial charge >= 0.3 is 6.03 Å². The van der Waals surface area contributed by atoms with Crippen LogP contribution in [0.2, 0.25) is 0 Å². The van der Waals surface area contributed by atoms with Crippen LogP contribution in [0, 0.1) is 0 Å². The molecule has 164 valence electrons. The maximum Gasteiger partial charge on any atom is 0.321 e. The summed E-state index contributed by atoms with van der Waals surface area (Å²) in [6.45, 7) is 4.09. The Labute approximate surface area is 190 Å². The van der Waals surface area contributed by atoms with E-state index in [0.717, 1.165) is 11.8 Å². The standard InChI is InChI=1S/C21H18N4O5S2/c1-2-7-25-19(27)17-14(15-6-4-9-30-15)11-31-18(17)24-21(25)32-12-16(26)23-20(28)22-10-13-5-3-8-29-13/h2-6,8-9,11H,1,7,10,12H2,(H2,22,23,26,28). The Morgan fingerprint density at radius 2 is 2.06 bits per heavy atom. The third-order valence-corrected chi connectivity index (χ3v) is 6.19. The summed E-state index contributed by atoms with van der Waals surface area (Å²) < 4.78 is 12.0. The number of rotatable bonds is 8. The molecule has 4 aromatic heterocycles. The largest absolute Gasteiger partial charge is 0.467 e. The van der Waals surface area contributed by atoms with E-state index in [-0.39, 0.29) is 24.4 Å². The predicted molar refractivity (Wildman–Crippen MR) is 122 cm³/mol. The molecule has 0 unspecified atom stereocenters. The van der Waals surface area contributed by atoms with Crippen LogP contribution in [0.5, 0.6) is 0 Å². The molecule has 0 aliphatic carbocycles. The van der Waals surface area contributed by atoms with Gasteiger partial charge in [0.15, 0.2) is 5.16 Å². The number of carbonyl (C=O) groups excluding carboxylic acids is 2. The van der Waals surface area contributed by atoms with Gasteiger partial charge in [-0.25, -0.2) is 9.78 Å². The average Bonchev–Trinajstić information content (AvgIpc) is 3.54. The van der Waals surface area contributed by atoms with E-state index in [1.807, 2.05) is 5.38 Å². The molecule has 0 aliphatic rings. The summed E-state index contributed by atoms with van der Waals surface area (Å²) in [5.41, 5.74) is 0.425. The van der Waals surface area contributed by atoms with Crippen LogP contribution in [0.15, 0.2) is 73.6 Å². The van der Waals surface area contributed by atoms with Gasteiger partial charge < -0.3 is 14.2 Å². The zero-order chi connectivity index (χ0) is 22.5. The van der Waals surface area contributed by atoms with Crippen molar-refractivity contribution in [3.05, 3.63) is 70.9 Å². The maximum absolute atomic E-state index is 13.2. The first-order valence-electron chi connectivity index (χ1n) is 9.46. The van der Waals surface area contributed by atoms with E-state index in [1.165, 1.54) is 22.2 Å². The van der Waals surface area contributed by atoms with Crippen LogP contribution in [-0.2, 0) is 17.9 Å². The van der Waals surface area contributed by atoms with E-state index in [4.69, 9.17) is 8.83 Å². The fourth-order valence-electron chi connectivity index (χ4n) is 2.94. The molecule has 0 radical (unpaired) electrons. The van der Waals surface area contributed by atoms with Crippen molar-refractivity contribution < 1.29 is 18.4 Å². The van der Waals surface area contributed by atoms with Crippen LogP contribution >= 0.6 is 23.1 Å². The summed E-state index contributed by atoms with van der Waals surface area (Å²) in [4.78, 5) is 42.4. The predicted octanol–water partition coefficient (Wildman–Crippen LogP) is 3.62. The number of thioether (sulfide) groups is 1. The van der Waals surface area contributed by atoms with Crippen LogP contribution in [0.25, 0.3) is 21.5 Å². The third kappa shape index (κ3) is 4.68. The molecule has 32 heavy (non-hydrogen) atoms. The lowest BCUT2D eigenvalue weighted by Gasteiger charge is -2.10. The van der Waals surface area contributed by atoms with Gasteiger partial charge in [-0.2, -0.15) is 0 Å². The molecule has 0 saturated carbocycles. The lowest BCUT2D eigenvalue weighted by atomic mass is 10.2. The Hall–Kier alpha value is -3.57. The molecule has 4 rings (SSSR count). The molecule has 2 N–H and O–H groups in total. The number of urea groups is 1. The van der Waals surface area contributed by atoms with Crippen molar-refractivity contribution in [3.8, 4) is 11.3 Å². The highest BCUT2D eigenvalue weighted by atomic mass is 32.2. The summed E-state index contributed by atoms with van der Waals surface area (Å²) in [7, 11) is 0. The number of carbonyl (C=O) groups is 2. The zero-order valence-corrected chi connectivity index (χ0v) is 18.3. The van der Waals surface area contributed by atoms with Crippen molar-refractivity contribution in [2.45, 2.75) is 18.2 Å². The number of nitrogens with zero attached hydrogens (tertiary/aromatic N) is 2. The molecular formula is C21H18N4O5S2. The second kappa shape index (κ2) is 9.71. The second-order valence-corrected chi connectivity index (χ2v) is 8.31. The van der Waals surface area contributed by atoms with Gasteiger partial charge in [0, 0.05) is 17.5 Å². The topological polar surface area (TPSA) is 119 Å². The molecule has 0 aliphatic heterocycles. The monoisotopic (exact) mass is 470 g/mol. The van der Waals surface area contributed by atoms with Crippen LogP contribution in [0.3, 0.4) is 0 Å². The van der Waals surface area contributed by atoms with Gasteiger partial charge in [0.25, 0.3) is 5.56 Å². The van der Waals surface area contributed by atoms with E-state index in [0.29, 0.717) is 32.5 Å². The molecule has 11 heteroatoms. The molecule has 4 aromatic rings. The Morgan fingerprint density at radius 1 is 1.25 bits per heavy atom. The smallest absolute Gasteiger partial charge is 0.321 e. The summed E-state index contributed by atoms with van der Waals surface area (Å²) in [6, 6.07) is 6.31. The number of allylic oxidation sites excluding steroid dienone is 1. The molecule has 0 saturated heterocycles. The summed E-state index contributed by atoms with van der Waals surface area (Å²) in [5, 5.41) is 7.41. The highest BCUT2D eigenvalue weighted by molar-refractivity contribution is 7.99. The SMILES string of the molecule is C=CCn1c(SCC(=O)NC(=O)NCc2ccco2)nc2scc(-c3ccco3)c2c1=O. The van der Waals surface area contributed by atoms with Crippen LogP contribution in [-0.4, -0.2) is 27.2 Å². The van der Waals surface area contributed by atoms with Gasteiger partial charge in [-0.05, 0) is 24.3 Å². The first kappa shape index (κ1) is 21.7. The molecule has 9 nitrogen and oxygen atoms in total. The number of aromatic nitrogens is 2. The van der Waals surface area contributed by atoms with Crippen LogP contribution in [0.1, 0.15) is 5.76 Å². The fourth-order valence-corrected chi connectivity index (χ4v) is 4.71. The minimum absolute atomic E-state index is 0.0975. The number of thiophene rings is 1. The molecule has 0 spiro atoms. The minimum Gasteiger partial charge on any atom is -0.467 e. The van der Waals surface area contributed by atoms with Crippen LogP contribution in [0.4, 0.5) is 4.79 Å². The maximum atomic E-state index is 13.2. The number of nitrogens with one attached hydrogen (secondary N) is 2.